The Hall–Kier alpha value is -1.03. The number of aldehydes is 1. The van der Waals surface area contributed by atoms with E-state index in [-0.39, 0.29) is 0 Å². The van der Waals surface area contributed by atoms with Crippen molar-refractivity contribution >= 4 is 27.9 Å². The molecule has 0 spiro atoms. The summed E-state index contributed by atoms with van der Waals surface area (Å²) in [6.07, 6.45) is 1.38. The molecular weight excluding hydrogens is 270 g/mol. The summed E-state index contributed by atoms with van der Waals surface area (Å²) >= 11 is 3.40. The predicted molar refractivity (Wildman–Crippen MR) is 67.4 cm³/mol. The van der Waals surface area contributed by atoms with Gasteiger partial charge in [-0.3, -0.25) is 4.79 Å². The number of ether oxygens (including phenoxy) is 1. The minimum atomic E-state index is -0.463. The smallest absolute Gasteiger partial charge is 0.229 e. The molecule has 86 valence electrons. The number of carbonyl (C=O) groups excluding carboxylic acids is 1. The summed E-state index contributed by atoms with van der Waals surface area (Å²) < 4.78 is 5.64. The first kappa shape index (κ1) is 11.5. The van der Waals surface area contributed by atoms with E-state index >= 15 is 0 Å². The molecule has 1 heterocycles. The number of alkyl halides is 1. The number of nitrogens with zero attached hydrogens (tertiary/aromatic N) is 1. The first-order valence-corrected chi connectivity index (χ1v) is 6.44. The molecule has 2 rings (SSSR count). The molecule has 16 heavy (non-hydrogen) atoms. The lowest BCUT2D eigenvalue weighted by atomic mass is 10.2. The quantitative estimate of drug-likeness (QED) is 0.628. The highest BCUT2D eigenvalue weighted by Crippen LogP contribution is 2.39. The van der Waals surface area contributed by atoms with Crippen LogP contribution >= 0.6 is 15.9 Å². The second kappa shape index (κ2) is 4.87. The lowest BCUT2D eigenvalue weighted by Crippen LogP contribution is -2.36. The Morgan fingerprint density at radius 1 is 1.56 bits per heavy atom. The molecular formula is C12H14BrNO2. The standard InChI is InChI=1S/C12H14BrNO2/c1-9-4-2-5-10-12(9)16-11(8-15)14(10)7-3-6-13/h2,4-5,8,11H,3,6-7H2,1H3. The van der Waals surface area contributed by atoms with Crippen LogP contribution in [0.25, 0.3) is 0 Å². The number of rotatable bonds is 4. The second-order valence-corrected chi connectivity index (χ2v) is 4.60. The summed E-state index contributed by atoms with van der Waals surface area (Å²) in [5, 5.41) is 0.927. The van der Waals surface area contributed by atoms with Gasteiger partial charge in [0.1, 0.15) is 5.75 Å². The van der Waals surface area contributed by atoms with Crippen LogP contribution in [0.1, 0.15) is 12.0 Å². The van der Waals surface area contributed by atoms with Crippen molar-refractivity contribution in [3.05, 3.63) is 23.8 Å². The van der Waals surface area contributed by atoms with E-state index in [4.69, 9.17) is 4.74 Å². The molecule has 0 saturated heterocycles. The normalized spacial score (nSPS) is 18.1. The number of benzene rings is 1. The minimum Gasteiger partial charge on any atom is -0.461 e. The van der Waals surface area contributed by atoms with Crippen molar-refractivity contribution in [2.75, 3.05) is 16.8 Å². The number of para-hydroxylation sites is 1. The van der Waals surface area contributed by atoms with E-state index in [1.54, 1.807) is 0 Å². The van der Waals surface area contributed by atoms with Crippen LogP contribution in [0.15, 0.2) is 18.2 Å². The van der Waals surface area contributed by atoms with Gasteiger partial charge in [0.2, 0.25) is 6.23 Å². The fourth-order valence-corrected chi connectivity index (χ4v) is 2.17. The van der Waals surface area contributed by atoms with Crippen LogP contribution in [-0.2, 0) is 4.79 Å². The molecule has 0 saturated carbocycles. The lowest BCUT2D eigenvalue weighted by Gasteiger charge is -2.20. The van der Waals surface area contributed by atoms with Gasteiger partial charge in [-0.05, 0) is 25.0 Å². The Kier molecular flexibility index (Phi) is 3.49. The van der Waals surface area contributed by atoms with Crippen LogP contribution in [0.4, 0.5) is 5.69 Å². The largest absolute Gasteiger partial charge is 0.461 e. The molecule has 4 heteroatoms. The number of carbonyl (C=O) groups is 1. The number of halogens is 1. The lowest BCUT2D eigenvalue weighted by molar-refractivity contribution is -0.113. The average molecular weight is 284 g/mol. The Morgan fingerprint density at radius 2 is 2.38 bits per heavy atom. The van der Waals surface area contributed by atoms with Gasteiger partial charge in [0, 0.05) is 11.9 Å². The van der Waals surface area contributed by atoms with Crippen LogP contribution in [0.3, 0.4) is 0 Å². The number of anilines is 1. The van der Waals surface area contributed by atoms with Gasteiger partial charge in [-0.1, -0.05) is 28.1 Å². The van der Waals surface area contributed by atoms with E-state index in [9.17, 15) is 4.79 Å². The van der Waals surface area contributed by atoms with Crippen molar-refractivity contribution in [2.24, 2.45) is 0 Å². The third-order valence-electron chi connectivity index (χ3n) is 2.70. The van der Waals surface area contributed by atoms with Crippen molar-refractivity contribution < 1.29 is 9.53 Å². The zero-order valence-electron chi connectivity index (χ0n) is 9.15. The maximum atomic E-state index is 11.0. The monoisotopic (exact) mass is 283 g/mol. The predicted octanol–water partition coefficient (Wildman–Crippen LogP) is 2.50. The highest BCUT2D eigenvalue weighted by Gasteiger charge is 2.30. The van der Waals surface area contributed by atoms with Gasteiger partial charge in [-0.2, -0.15) is 0 Å². The van der Waals surface area contributed by atoms with Gasteiger partial charge in [0.05, 0.1) is 5.69 Å². The average Bonchev–Trinajstić information content (AvgIpc) is 2.66. The zero-order valence-corrected chi connectivity index (χ0v) is 10.7. The molecule has 1 aromatic rings. The minimum absolute atomic E-state index is 0.463. The van der Waals surface area contributed by atoms with Crippen LogP contribution in [0.2, 0.25) is 0 Å². The van der Waals surface area contributed by atoms with Crippen molar-refractivity contribution in [3.63, 3.8) is 0 Å². The molecule has 1 unspecified atom stereocenters. The number of hydrogen-bond acceptors (Lipinski definition) is 3. The van der Waals surface area contributed by atoms with Crippen LogP contribution < -0.4 is 9.64 Å². The maximum Gasteiger partial charge on any atom is 0.229 e. The topological polar surface area (TPSA) is 29.5 Å². The first-order valence-electron chi connectivity index (χ1n) is 5.32. The van der Waals surface area contributed by atoms with Crippen LogP contribution in [0.5, 0.6) is 5.75 Å². The molecule has 1 atom stereocenters. The summed E-state index contributed by atoms with van der Waals surface area (Å²) in [6, 6.07) is 5.99. The molecule has 3 nitrogen and oxygen atoms in total. The summed E-state index contributed by atoms with van der Waals surface area (Å²) in [6.45, 7) is 2.82. The Bertz CT molecular complexity index is 395. The Labute approximate surface area is 104 Å². The van der Waals surface area contributed by atoms with Gasteiger partial charge >= 0.3 is 0 Å². The van der Waals surface area contributed by atoms with Crippen LogP contribution in [0, 0.1) is 6.92 Å². The van der Waals surface area contributed by atoms with Gasteiger partial charge < -0.3 is 9.64 Å². The number of aryl methyl sites for hydroxylation is 1. The van der Waals surface area contributed by atoms with Crippen molar-refractivity contribution in [1.82, 2.24) is 0 Å². The fourth-order valence-electron chi connectivity index (χ4n) is 1.92. The molecule has 0 amide bonds. The van der Waals surface area contributed by atoms with Gasteiger partial charge in [0.25, 0.3) is 0 Å². The fraction of sp³-hybridized carbons (Fsp3) is 0.417. The van der Waals surface area contributed by atoms with E-state index in [0.29, 0.717) is 0 Å². The van der Waals surface area contributed by atoms with Crippen LogP contribution in [-0.4, -0.2) is 24.4 Å². The molecule has 0 aromatic heterocycles. The highest BCUT2D eigenvalue weighted by molar-refractivity contribution is 9.09. The van der Waals surface area contributed by atoms with Gasteiger partial charge in [-0.15, -0.1) is 0 Å². The molecule has 0 fully saturated rings. The molecule has 0 aliphatic carbocycles. The van der Waals surface area contributed by atoms with E-state index in [1.807, 2.05) is 30.0 Å². The highest BCUT2D eigenvalue weighted by atomic mass is 79.9. The van der Waals surface area contributed by atoms with Gasteiger partial charge in [-0.25, -0.2) is 0 Å². The van der Waals surface area contributed by atoms with Crippen molar-refractivity contribution in [1.29, 1.82) is 0 Å². The molecule has 1 aliphatic heterocycles. The molecule has 0 bridgehead atoms. The van der Waals surface area contributed by atoms with E-state index in [2.05, 4.69) is 15.9 Å². The molecule has 1 aromatic carbocycles. The molecule has 0 radical (unpaired) electrons. The van der Waals surface area contributed by atoms with Crippen molar-refractivity contribution in [2.45, 2.75) is 19.6 Å². The summed E-state index contributed by atoms with van der Waals surface area (Å²) in [5.41, 5.74) is 2.10. The Balaban J connectivity index is 2.29. The summed E-state index contributed by atoms with van der Waals surface area (Å²) in [5.74, 6) is 0.842. The van der Waals surface area contributed by atoms with Crippen molar-refractivity contribution in [3.8, 4) is 5.75 Å². The van der Waals surface area contributed by atoms with E-state index < -0.39 is 6.23 Å². The number of hydrogen-bond donors (Lipinski definition) is 0. The van der Waals surface area contributed by atoms with E-state index in [1.165, 1.54) is 0 Å². The number of fused-ring (bicyclic) bond motifs is 1. The molecule has 0 N–H and O–H groups in total. The first-order chi connectivity index (χ1) is 7.77. The summed E-state index contributed by atoms with van der Waals surface area (Å²) in [4.78, 5) is 13.0. The van der Waals surface area contributed by atoms with Gasteiger partial charge in [0.15, 0.2) is 6.29 Å². The third-order valence-corrected chi connectivity index (χ3v) is 3.26. The zero-order chi connectivity index (χ0) is 11.5. The Morgan fingerprint density at radius 3 is 3.06 bits per heavy atom. The van der Waals surface area contributed by atoms with E-state index in [0.717, 1.165) is 41.6 Å². The SMILES string of the molecule is Cc1cccc2c1OC(C=O)N2CCCBr. The maximum absolute atomic E-state index is 11.0. The molecule has 1 aliphatic rings. The third kappa shape index (κ3) is 1.94. The summed E-state index contributed by atoms with van der Waals surface area (Å²) in [7, 11) is 0. The second-order valence-electron chi connectivity index (χ2n) is 3.80.